The van der Waals surface area contributed by atoms with Gasteiger partial charge in [-0.05, 0) is 15.9 Å². The number of rotatable bonds is 4. The Hall–Kier alpha value is -1.26. The molecule has 22 heavy (non-hydrogen) atoms. The summed E-state index contributed by atoms with van der Waals surface area (Å²) < 4.78 is 31.8. The molecule has 1 saturated heterocycles. The first-order chi connectivity index (χ1) is 10.1. The lowest BCUT2D eigenvalue weighted by atomic mass is 9.98. The summed E-state index contributed by atoms with van der Waals surface area (Å²) in [5.74, 6) is -2.45. The second kappa shape index (κ2) is 7.34. The largest absolute Gasteiger partial charge is 0.454 e. The number of aliphatic hydroxyl groups excluding tert-OH is 1. The van der Waals surface area contributed by atoms with Gasteiger partial charge in [0.25, 0.3) is 0 Å². The fourth-order valence-corrected chi connectivity index (χ4v) is 2.51. The summed E-state index contributed by atoms with van der Waals surface area (Å²) in [5.41, 5.74) is 0. The second-order valence-electron chi connectivity index (χ2n) is 4.59. The molecule has 0 unspecified atom stereocenters. The van der Waals surface area contributed by atoms with Crippen molar-refractivity contribution in [2.45, 2.75) is 50.0 Å². The van der Waals surface area contributed by atoms with Gasteiger partial charge in [-0.2, -0.15) is 0 Å². The summed E-state index contributed by atoms with van der Waals surface area (Å²) in [4.78, 5) is 33.6. The highest BCUT2D eigenvalue weighted by Gasteiger charge is 2.59. The van der Waals surface area contributed by atoms with Crippen LogP contribution in [0.4, 0.5) is 4.39 Å². The van der Waals surface area contributed by atoms with E-state index in [4.69, 9.17) is 18.9 Å². The lowest BCUT2D eigenvalue weighted by Gasteiger charge is -2.45. The van der Waals surface area contributed by atoms with Crippen molar-refractivity contribution in [1.29, 1.82) is 0 Å². The van der Waals surface area contributed by atoms with Crippen LogP contribution < -0.4 is 0 Å². The molecular formula is C12H16BrFO8. The van der Waals surface area contributed by atoms with Gasteiger partial charge in [0.1, 0.15) is 0 Å². The van der Waals surface area contributed by atoms with Gasteiger partial charge < -0.3 is 24.1 Å². The van der Waals surface area contributed by atoms with Crippen molar-refractivity contribution in [3.8, 4) is 0 Å². The maximum Gasteiger partial charge on any atom is 0.303 e. The SMILES string of the molecule is CC(=O)O[C@@H]1[C@@H](OC(C)=O)[C@H](OC(C)=O)[C@@](Br)(CO)O[C@H]1F. The van der Waals surface area contributed by atoms with E-state index in [0.717, 1.165) is 20.8 Å². The van der Waals surface area contributed by atoms with E-state index >= 15 is 0 Å². The van der Waals surface area contributed by atoms with Crippen molar-refractivity contribution in [2.24, 2.45) is 0 Å². The van der Waals surface area contributed by atoms with Gasteiger partial charge in [-0.15, -0.1) is 0 Å². The second-order valence-corrected chi connectivity index (χ2v) is 5.93. The topological polar surface area (TPSA) is 108 Å². The van der Waals surface area contributed by atoms with E-state index in [1.165, 1.54) is 0 Å². The first-order valence-electron chi connectivity index (χ1n) is 6.24. The van der Waals surface area contributed by atoms with E-state index in [0.29, 0.717) is 0 Å². The molecule has 0 aromatic heterocycles. The fraction of sp³-hybridized carbons (Fsp3) is 0.750. The molecule has 0 aromatic carbocycles. The molecule has 5 atom stereocenters. The minimum Gasteiger partial charge on any atom is -0.454 e. The molecule has 126 valence electrons. The molecule has 8 nitrogen and oxygen atoms in total. The molecular weight excluding hydrogens is 371 g/mol. The summed E-state index contributed by atoms with van der Waals surface area (Å²) >= 11 is 2.93. The van der Waals surface area contributed by atoms with Crippen LogP contribution in [0, 0.1) is 0 Å². The minimum atomic E-state index is -2.22. The summed E-state index contributed by atoms with van der Waals surface area (Å²) in [6.45, 7) is 2.35. The molecule has 0 saturated carbocycles. The number of hydrogen-bond acceptors (Lipinski definition) is 8. The van der Waals surface area contributed by atoms with Gasteiger partial charge in [0.15, 0.2) is 22.8 Å². The first kappa shape index (κ1) is 18.8. The zero-order valence-corrected chi connectivity index (χ0v) is 13.7. The van der Waals surface area contributed by atoms with E-state index in [1.807, 2.05) is 0 Å². The highest BCUT2D eigenvalue weighted by molar-refractivity contribution is 9.10. The number of halogens is 2. The van der Waals surface area contributed by atoms with Crippen LogP contribution in [-0.4, -0.2) is 58.8 Å². The van der Waals surface area contributed by atoms with Gasteiger partial charge in [0, 0.05) is 20.8 Å². The Morgan fingerprint density at radius 2 is 1.55 bits per heavy atom. The Bertz CT molecular complexity index is 458. The molecule has 1 aliphatic rings. The lowest BCUT2D eigenvalue weighted by molar-refractivity contribution is -0.284. The fourth-order valence-electron chi connectivity index (χ4n) is 1.98. The Labute approximate surface area is 134 Å². The van der Waals surface area contributed by atoms with Crippen molar-refractivity contribution in [1.82, 2.24) is 0 Å². The molecule has 10 heteroatoms. The molecule has 0 bridgehead atoms. The van der Waals surface area contributed by atoms with E-state index in [2.05, 4.69) is 15.9 Å². The Kier molecular flexibility index (Phi) is 6.27. The molecule has 1 rings (SSSR count). The average molecular weight is 387 g/mol. The number of hydrogen-bond donors (Lipinski definition) is 1. The maximum absolute atomic E-state index is 14.1. The van der Waals surface area contributed by atoms with Gasteiger partial charge in [-0.3, -0.25) is 14.4 Å². The van der Waals surface area contributed by atoms with Gasteiger partial charge in [0.2, 0.25) is 6.36 Å². The van der Waals surface area contributed by atoms with Crippen molar-refractivity contribution in [3.63, 3.8) is 0 Å². The minimum absolute atomic E-state index is 0.790. The van der Waals surface area contributed by atoms with Crippen LogP contribution in [0.5, 0.6) is 0 Å². The number of ether oxygens (including phenoxy) is 4. The number of alkyl halides is 2. The predicted molar refractivity (Wildman–Crippen MR) is 71.4 cm³/mol. The van der Waals surface area contributed by atoms with E-state index in [1.54, 1.807) is 0 Å². The highest BCUT2D eigenvalue weighted by Crippen LogP contribution is 2.39. The molecule has 1 fully saturated rings. The van der Waals surface area contributed by atoms with Gasteiger partial charge in [0.05, 0.1) is 6.61 Å². The molecule has 0 aliphatic carbocycles. The third-order valence-corrected chi connectivity index (χ3v) is 3.62. The lowest BCUT2D eigenvalue weighted by Crippen LogP contribution is -2.65. The third-order valence-electron chi connectivity index (χ3n) is 2.73. The quantitative estimate of drug-likeness (QED) is 0.414. The summed E-state index contributed by atoms with van der Waals surface area (Å²) in [6.07, 6.45) is -6.80. The smallest absolute Gasteiger partial charge is 0.303 e. The van der Waals surface area contributed by atoms with Gasteiger partial charge >= 0.3 is 17.9 Å². The predicted octanol–water partition coefficient (Wildman–Crippen LogP) is 0.191. The Morgan fingerprint density at radius 1 is 1.09 bits per heavy atom. The van der Waals surface area contributed by atoms with Crippen LogP contribution in [0.1, 0.15) is 20.8 Å². The third kappa shape index (κ3) is 4.37. The standard InChI is InChI=1S/C12H16BrFO8/c1-5(16)19-8-9(20-6(2)17)11(14)22-12(13,4-15)10(8)21-7(3)18/h8-11,15H,4H2,1-3H3/t8-,9-,10+,11-,12-/m1/s1. The molecule has 0 amide bonds. The number of esters is 3. The van der Waals surface area contributed by atoms with Crippen molar-refractivity contribution in [2.75, 3.05) is 6.61 Å². The van der Waals surface area contributed by atoms with Crippen molar-refractivity contribution in [3.05, 3.63) is 0 Å². The zero-order chi connectivity index (χ0) is 17.1. The van der Waals surface area contributed by atoms with Crippen LogP contribution in [-0.2, 0) is 33.3 Å². The molecule has 1 aliphatic heterocycles. The molecule has 1 N–H and O–H groups in total. The van der Waals surface area contributed by atoms with Crippen LogP contribution in [0.3, 0.4) is 0 Å². The van der Waals surface area contributed by atoms with Crippen LogP contribution in [0.2, 0.25) is 0 Å². The monoisotopic (exact) mass is 386 g/mol. The number of aliphatic hydroxyl groups is 1. The first-order valence-corrected chi connectivity index (χ1v) is 7.03. The number of carbonyl (C=O) groups is 3. The van der Waals surface area contributed by atoms with Crippen LogP contribution in [0.25, 0.3) is 0 Å². The zero-order valence-electron chi connectivity index (χ0n) is 12.1. The van der Waals surface area contributed by atoms with E-state index in [-0.39, 0.29) is 0 Å². The highest BCUT2D eigenvalue weighted by atomic mass is 79.9. The Morgan fingerprint density at radius 3 is 1.95 bits per heavy atom. The van der Waals surface area contributed by atoms with Crippen LogP contribution in [0.15, 0.2) is 0 Å². The summed E-state index contributed by atoms with van der Waals surface area (Å²) in [6, 6.07) is 0. The summed E-state index contributed by atoms with van der Waals surface area (Å²) in [5, 5.41) is 9.39. The maximum atomic E-state index is 14.1. The van der Waals surface area contributed by atoms with Crippen molar-refractivity contribution >= 4 is 33.8 Å². The van der Waals surface area contributed by atoms with Gasteiger partial charge in [-0.25, -0.2) is 4.39 Å². The molecule has 0 aromatic rings. The van der Waals surface area contributed by atoms with E-state index < -0.39 is 53.7 Å². The Balaban J connectivity index is 3.22. The van der Waals surface area contributed by atoms with Crippen molar-refractivity contribution < 1.29 is 42.8 Å². The molecule has 0 spiro atoms. The average Bonchev–Trinajstić information content (AvgIpc) is 2.37. The van der Waals surface area contributed by atoms with Crippen LogP contribution >= 0.6 is 15.9 Å². The molecule has 1 heterocycles. The number of carbonyl (C=O) groups excluding carboxylic acids is 3. The molecule has 0 radical (unpaired) electrons. The normalized spacial score (nSPS) is 34.6. The van der Waals surface area contributed by atoms with Gasteiger partial charge in [-0.1, -0.05) is 0 Å². The van der Waals surface area contributed by atoms with E-state index in [9.17, 15) is 23.9 Å². The summed E-state index contributed by atoms with van der Waals surface area (Å²) in [7, 11) is 0.